The Morgan fingerprint density at radius 2 is 1.89 bits per heavy atom. The summed E-state index contributed by atoms with van der Waals surface area (Å²) >= 11 is 0. The number of piperidine rings is 1. The second-order valence-corrected chi connectivity index (χ2v) is 10.3. The van der Waals surface area contributed by atoms with Crippen molar-refractivity contribution < 1.29 is 17.5 Å². The maximum atomic E-state index is 13.2. The van der Waals surface area contributed by atoms with Gasteiger partial charge in [0.25, 0.3) is 5.56 Å². The third kappa shape index (κ3) is 4.54. The fourth-order valence-corrected chi connectivity index (χ4v) is 5.75. The number of H-pyrrole nitrogens is 1. The summed E-state index contributed by atoms with van der Waals surface area (Å²) in [5, 5.41) is 7.98. The molecule has 0 radical (unpaired) electrons. The van der Waals surface area contributed by atoms with Crippen molar-refractivity contribution in [1.29, 1.82) is 0 Å². The molecule has 2 aromatic heterocycles. The van der Waals surface area contributed by atoms with E-state index in [1.165, 1.54) is 40.4 Å². The van der Waals surface area contributed by atoms with E-state index in [0.29, 0.717) is 36.6 Å². The Morgan fingerprint density at radius 3 is 2.60 bits per heavy atom. The average molecular weight is 499 g/mol. The quantitative estimate of drug-likeness (QED) is 0.433. The number of hydrogen-bond donors (Lipinski definition) is 1. The van der Waals surface area contributed by atoms with Gasteiger partial charge in [-0.3, -0.25) is 4.79 Å². The molecule has 1 unspecified atom stereocenters. The fourth-order valence-electron chi connectivity index (χ4n) is 4.23. The van der Waals surface area contributed by atoms with Crippen LogP contribution in [0.3, 0.4) is 0 Å². The molecule has 1 aliphatic rings. The zero-order chi connectivity index (χ0) is 24.6. The van der Waals surface area contributed by atoms with E-state index in [-0.39, 0.29) is 35.2 Å². The molecule has 35 heavy (non-hydrogen) atoms. The van der Waals surface area contributed by atoms with Gasteiger partial charge in [-0.15, -0.1) is 5.10 Å². The molecule has 0 spiro atoms. The van der Waals surface area contributed by atoms with E-state index in [2.05, 4.69) is 20.3 Å². The van der Waals surface area contributed by atoms with Crippen molar-refractivity contribution in [2.75, 3.05) is 20.2 Å². The first-order chi connectivity index (χ1) is 16.8. The van der Waals surface area contributed by atoms with Crippen molar-refractivity contribution >= 4 is 21.2 Å². The number of halogens is 1. The Kier molecular flexibility index (Phi) is 6.07. The molecule has 12 heteroatoms. The van der Waals surface area contributed by atoms with Crippen molar-refractivity contribution in [1.82, 2.24) is 29.3 Å². The number of ether oxygens (including phenoxy) is 1. The summed E-state index contributed by atoms with van der Waals surface area (Å²) in [4.78, 5) is 20.3. The van der Waals surface area contributed by atoms with Crippen LogP contribution in [-0.2, 0) is 16.6 Å². The molecule has 10 nitrogen and oxygen atoms in total. The van der Waals surface area contributed by atoms with Gasteiger partial charge < -0.3 is 9.72 Å². The highest BCUT2D eigenvalue weighted by Gasteiger charge is 2.32. The van der Waals surface area contributed by atoms with Gasteiger partial charge in [0.1, 0.15) is 17.4 Å². The number of aromatic amines is 1. The Hall–Kier alpha value is -3.64. The molecule has 3 heterocycles. The number of rotatable bonds is 6. The minimum Gasteiger partial charge on any atom is -0.497 e. The van der Waals surface area contributed by atoms with Crippen molar-refractivity contribution in [3.8, 4) is 5.75 Å². The summed E-state index contributed by atoms with van der Waals surface area (Å²) < 4.78 is 47.7. The third-order valence-electron chi connectivity index (χ3n) is 6.11. The molecule has 1 fully saturated rings. The van der Waals surface area contributed by atoms with Gasteiger partial charge in [-0.1, -0.05) is 17.3 Å². The summed E-state index contributed by atoms with van der Waals surface area (Å²) in [7, 11) is -2.21. The number of nitrogens with zero attached hydrogens (tertiary/aromatic N) is 5. The highest BCUT2D eigenvalue weighted by Crippen LogP contribution is 2.29. The lowest BCUT2D eigenvalue weighted by Gasteiger charge is -2.31. The van der Waals surface area contributed by atoms with Gasteiger partial charge in [0, 0.05) is 19.0 Å². The van der Waals surface area contributed by atoms with Crippen LogP contribution in [-0.4, -0.2) is 57.9 Å². The van der Waals surface area contributed by atoms with Crippen LogP contribution in [0.4, 0.5) is 4.39 Å². The molecule has 1 N–H and O–H groups in total. The summed E-state index contributed by atoms with van der Waals surface area (Å²) in [5.41, 5.74) is 0.722. The molecule has 1 saturated heterocycles. The Bertz CT molecular complexity index is 1520. The molecular weight excluding hydrogens is 475 g/mol. The number of benzene rings is 2. The van der Waals surface area contributed by atoms with Crippen LogP contribution in [0.25, 0.3) is 11.2 Å². The number of nitrogens with one attached hydrogen (secondary N) is 1. The van der Waals surface area contributed by atoms with Crippen LogP contribution in [0.5, 0.6) is 5.75 Å². The summed E-state index contributed by atoms with van der Waals surface area (Å²) in [5.74, 6) is 0.310. The molecule has 5 rings (SSSR count). The summed E-state index contributed by atoms with van der Waals surface area (Å²) in [6.45, 7) is 0.818. The van der Waals surface area contributed by atoms with Gasteiger partial charge in [-0.25, -0.2) is 22.5 Å². The minimum atomic E-state index is -3.72. The lowest BCUT2D eigenvalue weighted by Crippen LogP contribution is -2.39. The van der Waals surface area contributed by atoms with Gasteiger partial charge in [-0.05, 0) is 54.8 Å². The van der Waals surface area contributed by atoms with Crippen molar-refractivity contribution in [2.45, 2.75) is 30.2 Å². The lowest BCUT2D eigenvalue weighted by molar-refractivity contribution is 0.309. The van der Waals surface area contributed by atoms with Crippen molar-refractivity contribution in [2.24, 2.45) is 0 Å². The lowest BCUT2D eigenvalue weighted by atomic mass is 9.99. The van der Waals surface area contributed by atoms with E-state index in [9.17, 15) is 17.6 Å². The van der Waals surface area contributed by atoms with E-state index in [1.807, 2.05) is 0 Å². The Morgan fingerprint density at radius 1 is 1.14 bits per heavy atom. The smallest absolute Gasteiger partial charge is 0.281 e. The van der Waals surface area contributed by atoms with E-state index in [1.54, 1.807) is 24.3 Å². The largest absolute Gasteiger partial charge is 0.497 e. The minimum absolute atomic E-state index is 0.0920. The molecule has 0 bridgehead atoms. The SMILES string of the molecule is COc1ccc(S(=O)(=O)N2CCCC(c3nc4c(nnn4Cc4ccc(F)cc4)c(=O)[nH]3)C2)cc1. The zero-order valence-electron chi connectivity index (χ0n) is 18.9. The van der Waals surface area contributed by atoms with Gasteiger partial charge >= 0.3 is 0 Å². The van der Waals surface area contributed by atoms with Gasteiger partial charge in [0.05, 0.1) is 18.6 Å². The number of hydrogen-bond acceptors (Lipinski definition) is 7. The molecule has 4 aromatic rings. The summed E-state index contributed by atoms with van der Waals surface area (Å²) in [6, 6.07) is 12.2. The predicted molar refractivity (Wildman–Crippen MR) is 125 cm³/mol. The van der Waals surface area contributed by atoms with Gasteiger partial charge in [0.2, 0.25) is 10.0 Å². The van der Waals surface area contributed by atoms with Gasteiger partial charge in [0.15, 0.2) is 11.2 Å². The van der Waals surface area contributed by atoms with Crippen LogP contribution < -0.4 is 10.3 Å². The molecule has 2 aromatic carbocycles. The third-order valence-corrected chi connectivity index (χ3v) is 7.99. The van der Waals surface area contributed by atoms with Crippen LogP contribution in [0, 0.1) is 5.82 Å². The number of methoxy groups -OCH3 is 1. The van der Waals surface area contributed by atoms with Crippen LogP contribution in [0.1, 0.15) is 30.1 Å². The Labute approximate surface area is 200 Å². The predicted octanol–water partition coefficient (Wildman–Crippen LogP) is 2.28. The maximum Gasteiger partial charge on any atom is 0.281 e. The number of aromatic nitrogens is 5. The first kappa shape index (κ1) is 23.1. The molecule has 1 atom stereocenters. The standard InChI is InChI=1S/C23H23FN6O4S/c1-34-18-8-10-19(11-9-18)35(32,33)29-12-2-3-16(14-29)21-25-22-20(23(31)26-21)27-28-30(22)13-15-4-6-17(24)7-5-15/h4-11,16H,2-3,12-14H2,1H3,(H,25,26,31). The van der Waals surface area contributed by atoms with Crippen LogP contribution in [0.2, 0.25) is 0 Å². The fraction of sp³-hybridized carbons (Fsp3) is 0.304. The Balaban J connectivity index is 1.43. The number of sulfonamides is 1. The molecule has 1 aliphatic heterocycles. The van der Waals surface area contributed by atoms with Crippen LogP contribution >= 0.6 is 0 Å². The zero-order valence-corrected chi connectivity index (χ0v) is 19.7. The first-order valence-electron chi connectivity index (χ1n) is 11.1. The average Bonchev–Trinajstić information content (AvgIpc) is 3.28. The van der Waals surface area contributed by atoms with Crippen molar-refractivity contribution in [3.05, 3.63) is 76.1 Å². The van der Waals surface area contributed by atoms with E-state index in [0.717, 1.165) is 5.56 Å². The molecule has 0 amide bonds. The topological polar surface area (TPSA) is 123 Å². The van der Waals surface area contributed by atoms with Crippen LogP contribution in [0.15, 0.2) is 58.2 Å². The monoisotopic (exact) mass is 498 g/mol. The number of fused-ring (bicyclic) bond motifs is 1. The van der Waals surface area contributed by atoms with Crippen molar-refractivity contribution in [3.63, 3.8) is 0 Å². The highest BCUT2D eigenvalue weighted by atomic mass is 32.2. The molecule has 182 valence electrons. The molecule has 0 saturated carbocycles. The summed E-state index contributed by atoms with van der Waals surface area (Å²) in [6.07, 6.45) is 1.29. The van der Waals surface area contributed by atoms with E-state index < -0.39 is 15.6 Å². The van der Waals surface area contributed by atoms with E-state index in [4.69, 9.17) is 4.74 Å². The van der Waals surface area contributed by atoms with Gasteiger partial charge in [-0.2, -0.15) is 4.31 Å². The molecular formula is C23H23FN6O4S. The second-order valence-electron chi connectivity index (χ2n) is 8.37. The second kappa shape index (κ2) is 9.19. The van der Waals surface area contributed by atoms with E-state index >= 15 is 0 Å². The molecule has 0 aliphatic carbocycles. The highest BCUT2D eigenvalue weighted by molar-refractivity contribution is 7.89. The maximum absolute atomic E-state index is 13.2. The normalized spacial score (nSPS) is 17.0. The first-order valence-corrected chi connectivity index (χ1v) is 12.5.